The Kier molecular flexibility index (Phi) is 5.45. The van der Waals surface area contributed by atoms with Crippen LogP contribution < -0.4 is 5.43 Å². The number of benzene rings is 1. The summed E-state index contributed by atoms with van der Waals surface area (Å²) in [6, 6.07) is 4.77. The third-order valence-electron chi connectivity index (χ3n) is 4.79. The maximum absolute atomic E-state index is 12.7. The first-order valence-electron chi connectivity index (χ1n) is 9.08. The number of imide groups is 1. The van der Waals surface area contributed by atoms with Crippen LogP contribution in [0.2, 0.25) is 0 Å². The zero-order chi connectivity index (χ0) is 22.2. The minimum atomic E-state index is -0.758. The highest BCUT2D eigenvalue weighted by atomic mass is 16.6. The van der Waals surface area contributed by atoms with Gasteiger partial charge in [0.25, 0.3) is 11.6 Å². The second-order valence-electron chi connectivity index (χ2n) is 7.13. The zero-order valence-electron chi connectivity index (χ0n) is 17.1. The highest BCUT2D eigenvalue weighted by Gasteiger charge is 2.51. The molecule has 2 aliphatic rings. The smallest absolute Gasteiger partial charge is 0.270 e. The first-order chi connectivity index (χ1) is 14.1. The summed E-state index contributed by atoms with van der Waals surface area (Å²) in [5, 5.41) is 15.1. The van der Waals surface area contributed by atoms with Crippen LogP contribution in [0, 0.1) is 10.1 Å². The molecule has 0 aliphatic carbocycles. The van der Waals surface area contributed by atoms with Gasteiger partial charge in [-0.05, 0) is 37.1 Å². The number of nitrogens with zero attached hydrogens (tertiary/aromatic N) is 6. The normalized spacial score (nSPS) is 19.1. The minimum Gasteiger partial charge on any atom is -0.270 e. The summed E-state index contributed by atoms with van der Waals surface area (Å²) in [4.78, 5) is 42.1. The Morgan fingerprint density at radius 2 is 1.90 bits per heavy atom. The number of rotatable bonds is 5. The number of urea groups is 1. The van der Waals surface area contributed by atoms with E-state index in [0.717, 1.165) is 10.5 Å². The Hall–Kier alpha value is -3.89. The Morgan fingerprint density at radius 1 is 1.27 bits per heavy atom. The molecule has 0 aromatic heterocycles. The van der Waals surface area contributed by atoms with E-state index in [0.29, 0.717) is 29.6 Å². The maximum Gasteiger partial charge on any atom is 0.414 e. The van der Waals surface area contributed by atoms with E-state index in [4.69, 9.17) is 0 Å². The predicted octanol–water partition coefficient (Wildman–Crippen LogP) is 1.16. The second kappa shape index (κ2) is 7.85. The highest BCUT2D eigenvalue weighted by Crippen LogP contribution is 2.19. The van der Waals surface area contributed by atoms with Crippen molar-refractivity contribution in [1.29, 1.82) is 0 Å². The van der Waals surface area contributed by atoms with Gasteiger partial charge in [-0.2, -0.15) is 5.43 Å². The largest absolute Gasteiger partial charge is 0.414 e. The van der Waals surface area contributed by atoms with Crippen molar-refractivity contribution in [1.82, 2.24) is 15.2 Å². The molecule has 30 heavy (non-hydrogen) atoms. The molecule has 0 saturated carbocycles. The lowest BCUT2D eigenvalue weighted by Crippen LogP contribution is -2.61. The van der Waals surface area contributed by atoms with Crippen molar-refractivity contribution in [3.05, 3.63) is 52.1 Å². The quantitative estimate of drug-likeness (QED) is 0.256. The average molecular weight is 412 g/mol. The number of guanidine groups is 1. The number of nitro benzene ring substituents is 1. The van der Waals surface area contributed by atoms with Crippen LogP contribution in [0.25, 0.3) is 0 Å². The van der Waals surface area contributed by atoms with E-state index in [-0.39, 0.29) is 11.6 Å². The molecular weight excluding hydrogens is 390 g/mol. The van der Waals surface area contributed by atoms with Crippen molar-refractivity contribution in [2.75, 3.05) is 20.6 Å². The van der Waals surface area contributed by atoms with E-state index in [1.165, 1.54) is 24.1 Å². The van der Waals surface area contributed by atoms with Gasteiger partial charge in [-0.15, -0.1) is 5.10 Å². The van der Waals surface area contributed by atoms with Crippen molar-refractivity contribution in [3.63, 3.8) is 0 Å². The van der Waals surface area contributed by atoms with Gasteiger partial charge in [0.15, 0.2) is 0 Å². The van der Waals surface area contributed by atoms with Crippen LogP contribution in [-0.2, 0) is 4.79 Å². The number of nitrogens with one attached hydrogen (secondary N) is 1. The molecular formula is C19H22N7O4+. The third-order valence-corrected chi connectivity index (χ3v) is 4.79. The van der Waals surface area contributed by atoms with E-state index < -0.39 is 17.0 Å². The Morgan fingerprint density at radius 3 is 2.47 bits per heavy atom. The van der Waals surface area contributed by atoms with Gasteiger partial charge in [0, 0.05) is 26.2 Å². The molecule has 1 aromatic carbocycles. The maximum atomic E-state index is 12.7. The number of fused-ring (bicyclic) bond motifs is 1. The van der Waals surface area contributed by atoms with Crippen molar-refractivity contribution < 1.29 is 19.1 Å². The van der Waals surface area contributed by atoms with Crippen LogP contribution in [0.3, 0.4) is 0 Å². The summed E-state index contributed by atoms with van der Waals surface area (Å²) in [7, 11) is 2.99. The summed E-state index contributed by atoms with van der Waals surface area (Å²) in [5.41, 5.74) is 4.90. The second-order valence-corrected chi connectivity index (χ2v) is 7.13. The van der Waals surface area contributed by atoms with Crippen LogP contribution in [0.5, 0.6) is 0 Å². The van der Waals surface area contributed by atoms with Gasteiger partial charge in [-0.3, -0.25) is 24.7 Å². The Labute approximate surface area is 172 Å². The molecule has 1 fully saturated rings. The molecule has 3 rings (SSSR count). The van der Waals surface area contributed by atoms with Gasteiger partial charge in [0.2, 0.25) is 11.9 Å². The molecule has 2 aliphatic heterocycles. The van der Waals surface area contributed by atoms with Crippen LogP contribution >= 0.6 is 0 Å². The van der Waals surface area contributed by atoms with Gasteiger partial charge < -0.3 is 0 Å². The molecule has 0 radical (unpaired) electrons. The van der Waals surface area contributed by atoms with E-state index >= 15 is 0 Å². The van der Waals surface area contributed by atoms with E-state index in [1.54, 1.807) is 30.7 Å². The summed E-state index contributed by atoms with van der Waals surface area (Å²) >= 11 is 0. The lowest BCUT2D eigenvalue weighted by Gasteiger charge is -2.31. The van der Waals surface area contributed by atoms with Crippen LogP contribution in [0.15, 0.2) is 46.5 Å². The molecule has 0 spiro atoms. The number of hydrogen-bond acceptors (Lipinski definition) is 7. The number of amides is 3. The number of carbonyl (C=O) groups excluding carboxylic acids is 2. The third kappa shape index (κ3) is 3.69. The number of amidine groups is 1. The molecule has 1 N–H and O–H groups in total. The highest BCUT2D eigenvalue weighted by molar-refractivity contribution is 6.22. The molecule has 11 nitrogen and oxygen atoms in total. The van der Waals surface area contributed by atoms with Gasteiger partial charge >= 0.3 is 12.0 Å². The van der Waals surface area contributed by atoms with Gasteiger partial charge in [-0.1, -0.05) is 11.6 Å². The summed E-state index contributed by atoms with van der Waals surface area (Å²) in [6.07, 6.45) is 0. The summed E-state index contributed by atoms with van der Waals surface area (Å²) in [5.74, 6) is 0.239. The fourth-order valence-corrected chi connectivity index (χ4v) is 3.17. The first kappa shape index (κ1) is 20.8. The molecule has 1 aromatic rings. The van der Waals surface area contributed by atoms with Crippen molar-refractivity contribution >= 4 is 35.1 Å². The van der Waals surface area contributed by atoms with Crippen LogP contribution in [0.1, 0.15) is 19.4 Å². The number of likely N-dealkylation sites (N-methyl/N-ethyl adjacent to an activating group) is 2. The first-order valence-corrected chi connectivity index (χ1v) is 9.08. The number of hydrazone groups is 1. The Bertz CT molecular complexity index is 1040. The zero-order valence-corrected chi connectivity index (χ0v) is 17.1. The SMILES string of the molecule is C=C(C)C[N+]1=C(N/N=C(\C)c2ccc([N+](=O)[O-])cc2)N=C2C1C(=O)N(C)C(=O)N2C. The predicted molar refractivity (Wildman–Crippen MR) is 111 cm³/mol. The molecule has 1 saturated heterocycles. The van der Waals surface area contributed by atoms with E-state index in [9.17, 15) is 19.7 Å². The Balaban J connectivity index is 1.93. The molecule has 11 heteroatoms. The number of nitro groups is 1. The monoisotopic (exact) mass is 412 g/mol. The molecule has 1 atom stereocenters. The lowest BCUT2D eigenvalue weighted by molar-refractivity contribution is -0.529. The number of carbonyl (C=O) groups is 2. The van der Waals surface area contributed by atoms with Gasteiger partial charge in [0.05, 0.1) is 17.2 Å². The molecule has 2 heterocycles. The van der Waals surface area contributed by atoms with Crippen molar-refractivity contribution in [2.24, 2.45) is 10.1 Å². The summed E-state index contributed by atoms with van der Waals surface area (Å²) in [6.45, 7) is 7.81. The fraction of sp³-hybridized carbons (Fsp3) is 0.316. The minimum absolute atomic E-state index is 0.0110. The molecule has 156 valence electrons. The standard InChI is InChI=1S/C19H21N7O4/c1-11(2)10-25-15-16(23(4)19(28)24(5)17(15)27)20-18(25)22-21-12(3)13-6-8-14(9-7-13)26(29)30/h6-9,15H,1,10H2,2-5H3/p+1/b21-12+. The van der Waals surface area contributed by atoms with Crippen molar-refractivity contribution in [2.45, 2.75) is 19.9 Å². The lowest BCUT2D eigenvalue weighted by atomic mass is 10.1. The topological polar surface area (TPSA) is 124 Å². The van der Waals surface area contributed by atoms with Crippen molar-refractivity contribution in [3.8, 4) is 0 Å². The van der Waals surface area contributed by atoms with E-state index in [1.807, 2.05) is 6.92 Å². The van der Waals surface area contributed by atoms with Gasteiger partial charge in [-0.25, -0.2) is 9.37 Å². The van der Waals surface area contributed by atoms with Crippen LogP contribution in [-0.4, -0.2) is 75.4 Å². The van der Waals surface area contributed by atoms with Crippen LogP contribution in [0.4, 0.5) is 10.5 Å². The average Bonchev–Trinajstić information content (AvgIpc) is 3.06. The number of hydrogen-bond donors (Lipinski definition) is 1. The number of non-ortho nitro benzene ring substituents is 1. The molecule has 0 bridgehead atoms. The number of aliphatic imine (C=N–C) groups is 1. The summed E-state index contributed by atoms with van der Waals surface area (Å²) < 4.78 is 1.70. The van der Waals surface area contributed by atoms with E-state index in [2.05, 4.69) is 22.1 Å². The molecule has 1 unspecified atom stereocenters. The fourth-order valence-electron chi connectivity index (χ4n) is 3.17. The molecule has 3 amide bonds. The van der Waals surface area contributed by atoms with Gasteiger partial charge in [0.1, 0.15) is 0 Å².